The van der Waals surface area contributed by atoms with Gasteiger partial charge in [-0.3, -0.25) is 0 Å². The van der Waals surface area contributed by atoms with Crippen LogP contribution in [0.5, 0.6) is 0 Å². The molecule has 0 rings (SSSR count). The van der Waals surface area contributed by atoms with Crippen LogP contribution in [0.1, 0.15) is 0 Å². The van der Waals surface area contributed by atoms with Crippen molar-refractivity contribution in [3.63, 3.8) is 0 Å². The van der Waals surface area contributed by atoms with Gasteiger partial charge in [-0.05, 0) is 0 Å². The van der Waals surface area contributed by atoms with Crippen LogP contribution in [0.2, 0.25) is 0 Å². The predicted molar refractivity (Wildman–Crippen MR) is 39.4 cm³/mol. The first-order chi connectivity index (χ1) is 5.20. The molecule has 0 radical (unpaired) electrons. The fourth-order valence-electron chi connectivity index (χ4n) is 0. The van der Waals surface area contributed by atoms with E-state index in [1.807, 2.05) is 0 Å². The Kier molecular flexibility index (Phi) is 28.8. The van der Waals surface area contributed by atoms with E-state index in [0.717, 1.165) is 0 Å². The molecule has 13 heteroatoms. The van der Waals surface area contributed by atoms with Gasteiger partial charge in [0, 0.05) is 0 Å². The van der Waals surface area contributed by atoms with Crippen LogP contribution in [0.4, 0.5) is 0 Å². The van der Waals surface area contributed by atoms with Crippen molar-refractivity contribution in [2.45, 2.75) is 0 Å². The molecule has 0 atom stereocenters. The van der Waals surface area contributed by atoms with E-state index in [1.165, 1.54) is 0 Å². The second-order valence-electron chi connectivity index (χ2n) is 0.685. The summed E-state index contributed by atoms with van der Waals surface area (Å²) in [7, 11) is 0. The average Bonchev–Trinajstić information content (AvgIpc) is 1.54. The zero-order chi connectivity index (χ0) is 10.7. The molecule has 13 heavy (non-hydrogen) atoms. The molecule has 0 spiro atoms. The van der Waals surface area contributed by atoms with Crippen molar-refractivity contribution >= 4 is 19.8 Å². The summed E-state index contributed by atoms with van der Waals surface area (Å²) in [5.41, 5.74) is 0. The molecule has 0 fully saturated rings. The van der Waals surface area contributed by atoms with Crippen molar-refractivity contribution in [3.8, 4) is 0 Å². The second-order valence-corrected chi connectivity index (χ2v) is 0.685. The standard InChI is InChI=1S/Ga.HNO3.2NO3.3H/c;3*2-1(3)4;;;/h;(H,2,3,4);;;;;/q;;2*-1;;;. The summed E-state index contributed by atoms with van der Waals surface area (Å²) in [4.78, 5) is 24.9. The van der Waals surface area contributed by atoms with E-state index in [9.17, 15) is 0 Å². The van der Waals surface area contributed by atoms with E-state index < -0.39 is 15.3 Å². The maximum atomic E-state index is 8.36. The summed E-state index contributed by atoms with van der Waals surface area (Å²) >= 11 is 0. The minimum absolute atomic E-state index is 0. The van der Waals surface area contributed by atoms with Crippen LogP contribution in [0, 0.1) is 40.8 Å². The van der Waals surface area contributed by atoms with Gasteiger partial charge in [-0.2, -0.15) is 0 Å². The molecule has 0 aliphatic heterocycles. The quantitative estimate of drug-likeness (QED) is 0.290. The van der Waals surface area contributed by atoms with Gasteiger partial charge < -0.3 is 35.9 Å². The maximum absolute atomic E-state index is 8.36. The Hall–Kier alpha value is -1.76. The molecule has 0 aromatic carbocycles. The summed E-state index contributed by atoms with van der Waals surface area (Å²) in [5, 5.41) is 43.1. The Morgan fingerprint density at radius 2 is 0.769 bits per heavy atom. The fourth-order valence-corrected chi connectivity index (χ4v) is 0. The number of hydrogen-bond acceptors (Lipinski definition) is 8. The van der Waals surface area contributed by atoms with Crippen LogP contribution < -0.4 is 0 Å². The van der Waals surface area contributed by atoms with Gasteiger partial charge in [-0.1, -0.05) is 0 Å². The van der Waals surface area contributed by atoms with Gasteiger partial charge in [0.2, 0.25) is 0 Å². The van der Waals surface area contributed by atoms with E-state index in [2.05, 4.69) is 0 Å². The third-order valence-electron chi connectivity index (χ3n) is 0. The van der Waals surface area contributed by atoms with Crippen molar-refractivity contribution < 1.29 is 20.5 Å². The molecule has 0 aliphatic carbocycles. The van der Waals surface area contributed by atoms with Gasteiger partial charge in [0.05, 0.1) is 10.2 Å². The topological polar surface area (TPSA) is 196 Å². The molecule has 0 amide bonds. The second kappa shape index (κ2) is 16.7. The zero-order valence-electron chi connectivity index (χ0n) is 5.05. The van der Waals surface area contributed by atoms with Gasteiger partial charge >= 0.3 is 19.8 Å². The molecular weight excluding hydrogens is 256 g/mol. The molecule has 12 nitrogen and oxygen atoms in total. The zero-order valence-corrected chi connectivity index (χ0v) is 5.05. The first-order valence-corrected chi connectivity index (χ1v) is 1.66. The average molecular weight is 260 g/mol. The molecule has 0 aromatic heterocycles. The number of nitrogens with zero attached hydrogens (tertiary/aromatic N) is 3. The Bertz CT molecular complexity index is 112. The Morgan fingerprint density at radius 3 is 0.769 bits per heavy atom. The van der Waals surface area contributed by atoms with Crippen LogP contribution in [0.3, 0.4) is 0 Å². The van der Waals surface area contributed by atoms with Gasteiger partial charge in [0.1, 0.15) is 0 Å². The molecule has 0 unspecified atom stereocenters. The molecule has 1 N–H and O–H groups in total. The van der Waals surface area contributed by atoms with Crippen molar-refractivity contribution in [1.82, 2.24) is 0 Å². The third-order valence-corrected chi connectivity index (χ3v) is 0. The van der Waals surface area contributed by atoms with Gasteiger partial charge in [0.25, 0.3) is 5.09 Å². The Morgan fingerprint density at radius 1 is 0.769 bits per heavy atom. The third kappa shape index (κ3) is 223. The first-order valence-electron chi connectivity index (χ1n) is 1.66. The summed E-state index contributed by atoms with van der Waals surface area (Å²) in [6.07, 6.45) is 0. The molecule has 0 saturated heterocycles. The summed E-state index contributed by atoms with van der Waals surface area (Å²) in [6, 6.07) is 0. The first kappa shape index (κ1) is 22.5. The SMILES string of the molecule is O=[N+]([O-])O.O=[N+]([O-])[O-].O=[N+]([O-])[O-].[GaH3]. The van der Waals surface area contributed by atoms with Gasteiger partial charge in [-0.15, -0.1) is 10.1 Å². The van der Waals surface area contributed by atoms with Crippen LogP contribution in [0.25, 0.3) is 0 Å². The van der Waals surface area contributed by atoms with E-state index in [-0.39, 0.29) is 19.8 Å². The molecule has 0 aliphatic rings. The van der Waals surface area contributed by atoms with Crippen LogP contribution in [0.15, 0.2) is 0 Å². The number of rotatable bonds is 0. The van der Waals surface area contributed by atoms with E-state index in [0.29, 0.717) is 0 Å². The van der Waals surface area contributed by atoms with Crippen LogP contribution in [-0.4, -0.2) is 40.3 Å². The van der Waals surface area contributed by atoms with E-state index in [1.54, 1.807) is 0 Å². The fraction of sp³-hybridized carbons (Fsp3) is 0. The van der Waals surface area contributed by atoms with Crippen molar-refractivity contribution in [2.75, 3.05) is 0 Å². The van der Waals surface area contributed by atoms with Crippen molar-refractivity contribution in [3.05, 3.63) is 40.8 Å². The van der Waals surface area contributed by atoms with E-state index >= 15 is 0 Å². The molecule has 0 heterocycles. The van der Waals surface area contributed by atoms with Gasteiger partial charge in [-0.25, -0.2) is 0 Å². The molecule has 78 valence electrons. The van der Waals surface area contributed by atoms with Crippen molar-refractivity contribution in [2.24, 2.45) is 0 Å². The summed E-state index contributed by atoms with van der Waals surface area (Å²) < 4.78 is 0. The Balaban J connectivity index is -0.0000000450. The normalized spacial score (nSPS) is 5.54. The van der Waals surface area contributed by atoms with Crippen molar-refractivity contribution in [1.29, 1.82) is 0 Å². The van der Waals surface area contributed by atoms with E-state index in [4.69, 9.17) is 46.0 Å². The minimum atomic E-state index is -1.75. The van der Waals surface area contributed by atoms with Gasteiger partial charge in [0.15, 0.2) is 0 Å². The predicted octanol–water partition coefficient (Wildman–Crippen LogP) is -2.01. The van der Waals surface area contributed by atoms with Crippen LogP contribution in [-0.2, 0) is 0 Å². The molecule has 0 aromatic rings. The Labute approximate surface area is 81.8 Å². The summed E-state index contributed by atoms with van der Waals surface area (Å²) in [6.45, 7) is 0. The number of hydrogen-bond donors (Lipinski definition) is 1. The summed E-state index contributed by atoms with van der Waals surface area (Å²) in [5.74, 6) is 0. The van der Waals surface area contributed by atoms with Crippen LogP contribution >= 0.6 is 0 Å². The molecule has 0 bridgehead atoms. The monoisotopic (exact) mass is 259 g/mol. The molecule has 0 saturated carbocycles. The molecular formula is H4GaN3O9-2.